The van der Waals surface area contributed by atoms with Gasteiger partial charge in [-0.15, -0.1) is 0 Å². The summed E-state index contributed by atoms with van der Waals surface area (Å²) < 4.78 is 0. The third-order valence-corrected chi connectivity index (χ3v) is 2.97. The minimum absolute atomic E-state index is 0.168. The van der Waals surface area contributed by atoms with Crippen LogP contribution in [0.4, 0.5) is 0 Å². The van der Waals surface area contributed by atoms with E-state index in [4.69, 9.17) is 10.4 Å². The monoisotopic (exact) mass is 316 g/mol. The number of pyridine rings is 1. The first-order chi connectivity index (χ1) is 10.9. The number of carbonyl (C=O) groups is 2. The van der Waals surface area contributed by atoms with Crippen LogP contribution in [0.5, 0.6) is 0 Å². The van der Waals surface area contributed by atoms with Gasteiger partial charge in [0.2, 0.25) is 0 Å². The molecule has 23 heavy (non-hydrogen) atoms. The standard InChI is InChI=1S/C16H20N4O3/c1-11(2)6-14(16(22)23)19-10-13(7-17)15(21)20-9-12-4-3-5-18-8-12/h3-5,8,10-11,14,19H,6,9H2,1-2H3,(H,20,21)(H,22,23)/b13-10-. The van der Waals surface area contributed by atoms with Gasteiger partial charge in [0.05, 0.1) is 0 Å². The molecule has 0 fully saturated rings. The SMILES string of the molecule is CC(C)CC(N/C=C(/C#N)C(=O)NCc1cccnc1)C(=O)O. The van der Waals surface area contributed by atoms with Crippen LogP contribution in [0, 0.1) is 17.2 Å². The summed E-state index contributed by atoms with van der Waals surface area (Å²) in [6.45, 7) is 4.03. The molecule has 0 aliphatic rings. The van der Waals surface area contributed by atoms with Crippen LogP contribution in [-0.4, -0.2) is 28.0 Å². The fourth-order valence-electron chi connectivity index (χ4n) is 1.82. The summed E-state index contributed by atoms with van der Waals surface area (Å²) in [6.07, 6.45) is 4.77. The minimum atomic E-state index is -1.02. The van der Waals surface area contributed by atoms with Gasteiger partial charge in [0, 0.05) is 25.1 Å². The van der Waals surface area contributed by atoms with Crippen molar-refractivity contribution < 1.29 is 14.7 Å². The molecule has 0 saturated carbocycles. The second-order valence-corrected chi connectivity index (χ2v) is 5.40. The van der Waals surface area contributed by atoms with Crippen LogP contribution in [-0.2, 0) is 16.1 Å². The van der Waals surface area contributed by atoms with Gasteiger partial charge in [-0.3, -0.25) is 9.78 Å². The maximum Gasteiger partial charge on any atom is 0.326 e. The van der Waals surface area contributed by atoms with Crippen molar-refractivity contribution in [1.82, 2.24) is 15.6 Å². The van der Waals surface area contributed by atoms with Crippen LogP contribution in [0.3, 0.4) is 0 Å². The number of carboxylic acids is 1. The maximum atomic E-state index is 11.9. The highest BCUT2D eigenvalue weighted by Crippen LogP contribution is 2.05. The molecule has 1 atom stereocenters. The zero-order chi connectivity index (χ0) is 17.2. The molecule has 1 aromatic rings. The number of hydrogen-bond acceptors (Lipinski definition) is 5. The third-order valence-electron chi connectivity index (χ3n) is 2.97. The van der Waals surface area contributed by atoms with E-state index in [0.29, 0.717) is 6.42 Å². The lowest BCUT2D eigenvalue weighted by molar-refractivity contribution is -0.139. The van der Waals surface area contributed by atoms with Crippen molar-refractivity contribution in [3.05, 3.63) is 41.9 Å². The molecular formula is C16H20N4O3. The Balaban J connectivity index is 2.64. The lowest BCUT2D eigenvalue weighted by atomic mass is 10.0. The molecule has 1 unspecified atom stereocenters. The molecule has 1 aromatic heterocycles. The average Bonchev–Trinajstić information content (AvgIpc) is 2.52. The van der Waals surface area contributed by atoms with Crippen molar-refractivity contribution in [1.29, 1.82) is 5.26 Å². The molecule has 0 aliphatic heterocycles. The molecule has 122 valence electrons. The Labute approximate surface area is 135 Å². The molecule has 7 nitrogen and oxygen atoms in total. The molecule has 1 rings (SSSR count). The van der Waals surface area contributed by atoms with Gasteiger partial charge >= 0.3 is 5.97 Å². The van der Waals surface area contributed by atoms with E-state index in [1.165, 1.54) is 0 Å². The summed E-state index contributed by atoms with van der Waals surface area (Å²) >= 11 is 0. The molecule has 0 saturated heterocycles. The molecule has 0 bridgehead atoms. The predicted octanol–water partition coefficient (Wildman–Crippen LogP) is 1.19. The molecule has 0 spiro atoms. The summed E-state index contributed by atoms with van der Waals surface area (Å²) in [7, 11) is 0. The van der Waals surface area contributed by atoms with Gasteiger partial charge in [0.25, 0.3) is 5.91 Å². The van der Waals surface area contributed by atoms with E-state index in [2.05, 4.69) is 15.6 Å². The largest absolute Gasteiger partial charge is 0.480 e. The molecule has 7 heteroatoms. The molecule has 0 aliphatic carbocycles. The summed E-state index contributed by atoms with van der Waals surface area (Å²) in [5, 5.41) is 23.4. The molecule has 1 heterocycles. The van der Waals surface area contributed by atoms with E-state index in [9.17, 15) is 9.59 Å². The molecule has 1 amide bonds. The molecule has 0 radical (unpaired) electrons. The second-order valence-electron chi connectivity index (χ2n) is 5.40. The van der Waals surface area contributed by atoms with E-state index >= 15 is 0 Å². The predicted molar refractivity (Wildman–Crippen MR) is 83.8 cm³/mol. The first kappa shape index (κ1) is 18.2. The number of carbonyl (C=O) groups excluding carboxylic acids is 1. The smallest absolute Gasteiger partial charge is 0.326 e. The van der Waals surface area contributed by atoms with Gasteiger partial charge < -0.3 is 15.7 Å². The number of aromatic nitrogens is 1. The van der Waals surface area contributed by atoms with E-state index in [1.807, 2.05) is 13.8 Å². The maximum absolute atomic E-state index is 11.9. The Bertz CT molecular complexity index is 606. The third kappa shape index (κ3) is 6.61. The van der Waals surface area contributed by atoms with Gasteiger partial charge in [-0.25, -0.2) is 4.79 Å². The average molecular weight is 316 g/mol. The summed E-state index contributed by atoms with van der Waals surface area (Å²) in [6, 6.07) is 4.46. The van der Waals surface area contributed by atoms with Crippen LogP contribution in [0.2, 0.25) is 0 Å². The highest BCUT2D eigenvalue weighted by atomic mass is 16.4. The zero-order valence-electron chi connectivity index (χ0n) is 13.1. The second kappa shape index (κ2) is 9.20. The lowest BCUT2D eigenvalue weighted by Crippen LogP contribution is -2.35. The van der Waals surface area contributed by atoms with Crippen molar-refractivity contribution in [2.75, 3.05) is 0 Å². The van der Waals surface area contributed by atoms with Crippen LogP contribution in [0.1, 0.15) is 25.8 Å². The number of nitrogens with one attached hydrogen (secondary N) is 2. The summed E-state index contributed by atoms with van der Waals surface area (Å²) in [5.74, 6) is -1.43. The van der Waals surface area contributed by atoms with Crippen molar-refractivity contribution in [3.63, 3.8) is 0 Å². The number of hydrogen-bond donors (Lipinski definition) is 3. The Hall–Kier alpha value is -2.88. The molecule has 3 N–H and O–H groups in total. The van der Waals surface area contributed by atoms with Gasteiger partial charge in [0.1, 0.15) is 17.7 Å². The highest BCUT2D eigenvalue weighted by Gasteiger charge is 2.18. The van der Waals surface area contributed by atoms with Crippen molar-refractivity contribution in [2.45, 2.75) is 32.9 Å². The lowest BCUT2D eigenvalue weighted by Gasteiger charge is -2.15. The van der Waals surface area contributed by atoms with E-state index in [1.54, 1.807) is 30.6 Å². The van der Waals surface area contributed by atoms with Gasteiger partial charge in [-0.05, 0) is 24.0 Å². The van der Waals surface area contributed by atoms with Gasteiger partial charge in [0.15, 0.2) is 0 Å². The first-order valence-electron chi connectivity index (χ1n) is 7.20. The number of nitrogens with zero attached hydrogens (tertiary/aromatic N) is 2. The van der Waals surface area contributed by atoms with E-state index in [-0.39, 0.29) is 18.0 Å². The fraction of sp³-hybridized carbons (Fsp3) is 0.375. The Morgan fingerprint density at radius 2 is 2.22 bits per heavy atom. The van der Waals surface area contributed by atoms with Gasteiger partial charge in [-0.2, -0.15) is 5.26 Å². The van der Waals surface area contributed by atoms with E-state index in [0.717, 1.165) is 11.8 Å². The zero-order valence-corrected chi connectivity index (χ0v) is 13.1. The first-order valence-corrected chi connectivity index (χ1v) is 7.20. The fourth-order valence-corrected chi connectivity index (χ4v) is 1.82. The molecule has 0 aromatic carbocycles. The number of aliphatic carboxylic acids is 1. The summed E-state index contributed by atoms with van der Waals surface area (Å²) in [4.78, 5) is 27.0. The summed E-state index contributed by atoms with van der Waals surface area (Å²) in [5.41, 5.74) is 0.623. The van der Waals surface area contributed by atoms with Crippen LogP contribution >= 0.6 is 0 Å². The quantitative estimate of drug-likeness (QED) is 0.490. The topological polar surface area (TPSA) is 115 Å². The Morgan fingerprint density at radius 1 is 1.48 bits per heavy atom. The number of nitriles is 1. The molecular weight excluding hydrogens is 296 g/mol. The van der Waals surface area contributed by atoms with Crippen LogP contribution < -0.4 is 10.6 Å². The Kier molecular flexibility index (Phi) is 7.27. The van der Waals surface area contributed by atoms with Crippen LogP contribution in [0.15, 0.2) is 36.3 Å². The van der Waals surface area contributed by atoms with Crippen molar-refractivity contribution >= 4 is 11.9 Å². The van der Waals surface area contributed by atoms with Crippen molar-refractivity contribution in [3.8, 4) is 6.07 Å². The number of amides is 1. The minimum Gasteiger partial charge on any atom is -0.480 e. The van der Waals surface area contributed by atoms with Gasteiger partial charge in [-0.1, -0.05) is 19.9 Å². The highest BCUT2D eigenvalue weighted by molar-refractivity contribution is 5.97. The van der Waals surface area contributed by atoms with E-state index < -0.39 is 17.9 Å². The number of rotatable bonds is 8. The normalized spacial score (nSPS) is 12.3. The van der Waals surface area contributed by atoms with Crippen LogP contribution in [0.25, 0.3) is 0 Å². The van der Waals surface area contributed by atoms with Crippen molar-refractivity contribution in [2.24, 2.45) is 5.92 Å². The Morgan fingerprint density at radius 3 is 2.74 bits per heavy atom. The number of carboxylic acid groups (broad SMARTS) is 1.